The number of carbonyl (C=O) groups is 1. The van der Waals surface area contributed by atoms with Gasteiger partial charge in [-0.1, -0.05) is 18.2 Å². The van der Waals surface area contributed by atoms with Crippen LogP contribution in [0.5, 0.6) is 11.5 Å². The highest BCUT2D eigenvalue weighted by Gasteiger charge is 2.06. The minimum Gasteiger partial charge on any atom is -0.494 e. The highest BCUT2D eigenvalue weighted by molar-refractivity contribution is 5.90. The average Bonchev–Trinajstić information content (AvgIpc) is 2.70. The van der Waals surface area contributed by atoms with Crippen molar-refractivity contribution in [2.75, 3.05) is 23.8 Å². The van der Waals surface area contributed by atoms with Gasteiger partial charge in [-0.3, -0.25) is 4.79 Å². The second-order valence-corrected chi connectivity index (χ2v) is 5.54. The zero-order valence-electron chi connectivity index (χ0n) is 14.9. The molecule has 138 valence electrons. The number of amides is 1. The zero-order chi connectivity index (χ0) is 18.9. The van der Waals surface area contributed by atoms with E-state index < -0.39 is 0 Å². The van der Waals surface area contributed by atoms with E-state index in [1.165, 1.54) is 0 Å². The van der Waals surface area contributed by atoms with Crippen molar-refractivity contribution in [3.63, 3.8) is 0 Å². The quantitative estimate of drug-likeness (QED) is 0.635. The Morgan fingerprint density at radius 2 is 1.52 bits per heavy atom. The van der Waals surface area contributed by atoms with E-state index in [2.05, 4.69) is 20.8 Å². The largest absolute Gasteiger partial charge is 0.494 e. The van der Waals surface area contributed by atoms with Crippen LogP contribution in [0.2, 0.25) is 0 Å². The van der Waals surface area contributed by atoms with Crippen LogP contribution in [0, 0.1) is 0 Å². The topological polar surface area (TPSA) is 85.4 Å². The van der Waals surface area contributed by atoms with Crippen LogP contribution < -0.4 is 20.1 Å². The Hall–Kier alpha value is -3.61. The fraction of sp³-hybridized carbons (Fsp3) is 0.150. The van der Waals surface area contributed by atoms with Gasteiger partial charge in [-0.25, -0.2) is 0 Å². The Bertz CT molecular complexity index is 853. The molecular weight excluding hydrogens is 344 g/mol. The van der Waals surface area contributed by atoms with Gasteiger partial charge in [0.2, 0.25) is 0 Å². The summed E-state index contributed by atoms with van der Waals surface area (Å²) in [7, 11) is 0. The molecule has 7 heteroatoms. The summed E-state index contributed by atoms with van der Waals surface area (Å²) in [6, 6.07) is 20.1. The monoisotopic (exact) mass is 364 g/mol. The van der Waals surface area contributed by atoms with Gasteiger partial charge >= 0.3 is 0 Å². The van der Waals surface area contributed by atoms with Gasteiger partial charge in [-0.15, -0.1) is 10.2 Å². The van der Waals surface area contributed by atoms with Crippen molar-refractivity contribution < 1.29 is 14.3 Å². The molecule has 1 aromatic heterocycles. The predicted octanol–water partition coefficient (Wildman–Crippen LogP) is 3.64. The Morgan fingerprint density at radius 1 is 0.852 bits per heavy atom. The molecule has 0 radical (unpaired) electrons. The van der Waals surface area contributed by atoms with Crippen molar-refractivity contribution in [3.05, 3.63) is 66.7 Å². The van der Waals surface area contributed by atoms with Crippen molar-refractivity contribution in [2.45, 2.75) is 6.92 Å². The molecule has 3 rings (SSSR count). The van der Waals surface area contributed by atoms with Gasteiger partial charge in [0.15, 0.2) is 18.2 Å². The number of para-hydroxylation sites is 1. The number of nitrogens with zero attached hydrogens (tertiary/aromatic N) is 2. The first-order chi connectivity index (χ1) is 13.2. The molecule has 0 fully saturated rings. The molecule has 0 aliphatic carbocycles. The van der Waals surface area contributed by atoms with Crippen LogP contribution in [0.1, 0.15) is 6.92 Å². The molecule has 0 atom stereocenters. The van der Waals surface area contributed by atoms with Gasteiger partial charge in [0.25, 0.3) is 5.91 Å². The molecule has 27 heavy (non-hydrogen) atoms. The van der Waals surface area contributed by atoms with Gasteiger partial charge in [-0.05, 0) is 55.5 Å². The molecule has 0 saturated heterocycles. The van der Waals surface area contributed by atoms with Gasteiger partial charge in [-0.2, -0.15) is 0 Å². The highest BCUT2D eigenvalue weighted by Crippen LogP contribution is 2.19. The number of ether oxygens (including phenoxy) is 2. The van der Waals surface area contributed by atoms with E-state index >= 15 is 0 Å². The smallest absolute Gasteiger partial charge is 0.263 e. The molecule has 2 aromatic carbocycles. The maximum Gasteiger partial charge on any atom is 0.263 e. The van der Waals surface area contributed by atoms with E-state index in [0.717, 1.165) is 11.4 Å². The molecule has 0 aliphatic rings. The zero-order valence-corrected chi connectivity index (χ0v) is 14.9. The van der Waals surface area contributed by atoms with Crippen LogP contribution in [0.4, 0.5) is 17.3 Å². The number of hydrogen-bond donors (Lipinski definition) is 2. The molecule has 7 nitrogen and oxygen atoms in total. The van der Waals surface area contributed by atoms with Crippen molar-refractivity contribution >= 4 is 23.2 Å². The van der Waals surface area contributed by atoms with Crippen LogP contribution in [0.15, 0.2) is 66.7 Å². The lowest BCUT2D eigenvalue weighted by Gasteiger charge is -2.08. The first-order valence-electron chi connectivity index (χ1n) is 8.54. The second-order valence-electron chi connectivity index (χ2n) is 5.54. The molecule has 1 amide bonds. The summed E-state index contributed by atoms with van der Waals surface area (Å²) < 4.78 is 10.8. The fourth-order valence-corrected chi connectivity index (χ4v) is 2.26. The van der Waals surface area contributed by atoms with Gasteiger partial charge in [0.05, 0.1) is 6.61 Å². The summed E-state index contributed by atoms with van der Waals surface area (Å²) in [6.45, 7) is 2.47. The number of nitrogens with one attached hydrogen (secondary N) is 2. The molecule has 0 unspecified atom stereocenters. The average molecular weight is 364 g/mol. The number of carbonyl (C=O) groups excluding carboxylic acids is 1. The lowest BCUT2D eigenvalue weighted by Crippen LogP contribution is -2.21. The summed E-state index contributed by atoms with van der Waals surface area (Å²) >= 11 is 0. The molecule has 0 bridgehead atoms. The number of aromatic nitrogens is 2. The summed E-state index contributed by atoms with van der Waals surface area (Å²) in [6.07, 6.45) is 0. The van der Waals surface area contributed by atoms with Gasteiger partial charge in [0, 0.05) is 5.69 Å². The Balaban J connectivity index is 1.50. The molecule has 0 saturated carbocycles. The van der Waals surface area contributed by atoms with E-state index in [4.69, 9.17) is 9.47 Å². The maximum absolute atomic E-state index is 11.9. The summed E-state index contributed by atoms with van der Waals surface area (Å²) in [5, 5.41) is 13.8. The van der Waals surface area contributed by atoms with E-state index in [9.17, 15) is 4.79 Å². The Kier molecular flexibility index (Phi) is 6.19. The molecule has 2 N–H and O–H groups in total. The van der Waals surface area contributed by atoms with Gasteiger partial charge in [0.1, 0.15) is 11.5 Å². The van der Waals surface area contributed by atoms with Crippen LogP contribution in [-0.2, 0) is 4.79 Å². The van der Waals surface area contributed by atoms with Crippen LogP contribution in [0.25, 0.3) is 0 Å². The summed E-state index contributed by atoms with van der Waals surface area (Å²) in [4.78, 5) is 11.9. The van der Waals surface area contributed by atoms with Crippen LogP contribution in [0.3, 0.4) is 0 Å². The minimum absolute atomic E-state index is 0.0993. The van der Waals surface area contributed by atoms with Crippen LogP contribution in [-0.4, -0.2) is 29.3 Å². The fourth-order valence-electron chi connectivity index (χ4n) is 2.26. The molecule has 3 aromatic rings. The third-order valence-electron chi connectivity index (χ3n) is 3.48. The maximum atomic E-state index is 11.9. The van der Waals surface area contributed by atoms with Crippen molar-refractivity contribution in [1.29, 1.82) is 0 Å². The lowest BCUT2D eigenvalue weighted by molar-refractivity contribution is -0.118. The van der Waals surface area contributed by atoms with Crippen molar-refractivity contribution in [1.82, 2.24) is 10.2 Å². The molecular formula is C20H20N4O3. The summed E-state index contributed by atoms with van der Waals surface area (Å²) in [5.74, 6) is 2.06. The molecule has 0 aliphatic heterocycles. The van der Waals surface area contributed by atoms with Crippen LogP contribution >= 0.6 is 0 Å². The minimum atomic E-state index is -0.305. The second kappa shape index (κ2) is 9.19. The number of benzene rings is 2. The normalized spacial score (nSPS) is 10.1. The third-order valence-corrected chi connectivity index (χ3v) is 3.48. The predicted molar refractivity (Wildman–Crippen MR) is 103 cm³/mol. The molecule has 0 spiro atoms. The first-order valence-corrected chi connectivity index (χ1v) is 8.54. The molecule has 1 heterocycles. The van der Waals surface area contributed by atoms with E-state index in [1.54, 1.807) is 24.3 Å². The highest BCUT2D eigenvalue weighted by atomic mass is 16.5. The number of anilines is 3. The SMILES string of the molecule is CCOc1ccc(Nc2ccc(NC(=O)COc3ccccc3)nn2)cc1. The van der Waals surface area contributed by atoms with E-state index in [-0.39, 0.29) is 12.5 Å². The summed E-state index contributed by atoms with van der Waals surface area (Å²) in [5.41, 5.74) is 0.862. The first kappa shape index (κ1) is 18.2. The van der Waals surface area contributed by atoms with E-state index in [0.29, 0.717) is 24.0 Å². The lowest BCUT2D eigenvalue weighted by atomic mass is 10.3. The van der Waals surface area contributed by atoms with Gasteiger partial charge < -0.3 is 20.1 Å². The van der Waals surface area contributed by atoms with E-state index in [1.807, 2.05) is 49.4 Å². The Morgan fingerprint density at radius 3 is 2.19 bits per heavy atom. The number of hydrogen-bond acceptors (Lipinski definition) is 6. The number of rotatable bonds is 8. The standard InChI is InChI=1S/C20H20N4O3/c1-2-26-17-10-8-15(9-11-17)21-18-12-13-19(24-23-18)22-20(25)14-27-16-6-4-3-5-7-16/h3-13H,2,14H2,1H3,(H,21,23)(H,22,24,25). The third kappa shape index (κ3) is 5.71. The van der Waals surface area contributed by atoms with Crippen molar-refractivity contribution in [3.8, 4) is 11.5 Å². The van der Waals surface area contributed by atoms with Crippen molar-refractivity contribution in [2.24, 2.45) is 0 Å². The Labute approximate surface area is 157 Å².